The fourth-order valence-electron chi connectivity index (χ4n) is 1.01. The highest BCUT2D eigenvalue weighted by Crippen LogP contribution is 2.14. The van der Waals surface area contributed by atoms with Crippen LogP contribution in [0.2, 0.25) is 0 Å². The summed E-state index contributed by atoms with van der Waals surface area (Å²) >= 11 is 2.16. The molecule has 1 N–H and O–H groups in total. The van der Waals surface area contributed by atoms with Gasteiger partial charge in [-0.3, -0.25) is 0 Å². The molecule has 0 aliphatic rings. The monoisotopic (exact) mass is 276 g/mol. The standard InChI is InChI=1S/C9H9IO2/c1-6-2-3-7(5-10)8(4-6)9(11)12/h2-4H,5H2,1H3,(H,11,12). The molecule has 0 radical (unpaired) electrons. The van der Waals surface area contributed by atoms with E-state index in [1.54, 1.807) is 6.07 Å². The number of aryl methyl sites for hydroxylation is 1. The maximum Gasteiger partial charge on any atom is 0.335 e. The number of alkyl halides is 1. The molecule has 3 heteroatoms. The fraction of sp³-hybridized carbons (Fsp3) is 0.222. The smallest absolute Gasteiger partial charge is 0.335 e. The van der Waals surface area contributed by atoms with Crippen LogP contribution in [0.4, 0.5) is 0 Å². The Morgan fingerprint density at radius 1 is 1.58 bits per heavy atom. The van der Waals surface area contributed by atoms with Gasteiger partial charge in [-0.15, -0.1) is 0 Å². The third kappa shape index (κ3) is 1.97. The number of hydrogen-bond acceptors (Lipinski definition) is 1. The van der Waals surface area contributed by atoms with Crippen LogP contribution in [0, 0.1) is 6.92 Å². The molecule has 64 valence electrons. The summed E-state index contributed by atoms with van der Waals surface area (Å²) < 4.78 is 0.736. The summed E-state index contributed by atoms with van der Waals surface area (Å²) in [6.45, 7) is 1.89. The Morgan fingerprint density at radius 2 is 2.25 bits per heavy atom. The van der Waals surface area contributed by atoms with E-state index in [2.05, 4.69) is 22.6 Å². The van der Waals surface area contributed by atoms with Gasteiger partial charge in [-0.05, 0) is 18.6 Å². The van der Waals surface area contributed by atoms with Crippen molar-refractivity contribution in [2.45, 2.75) is 11.4 Å². The summed E-state index contributed by atoms with van der Waals surface area (Å²) in [5.41, 5.74) is 2.29. The zero-order chi connectivity index (χ0) is 9.14. The number of hydrogen-bond donors (Lipinski definition) is 1. The van der Waals surface area contributed by atoms with Gasteiger partial charge in [0.1, 0.15) is 0 Å². The van der Waals surface area contributed by atoms with Crippen LogP contribution in [0.1, 0.15) is 21.5 Å². The average molecular weight is 276 g/mol. The Morgan fingerprint density at radius 3 is 2.75 bits per heavy atom. The summed E-state index contributed by atoms with van der Waals surface area (Å²) in [5.74, 6) is -0.842. The van der Waals surface area contributed by atoms with Crippen molar-refractivity contribution in [2.24, 2.45) is 0 Å². The van der Waals surface area contributed by atoms with E-state index >= 15 is 0 Å². The molecular weight excluding hydrogens is 267 g/mol. The Bertz CT molecular complexity index is 307. The lowest BCUT2D eigenvalue weighted by Gasteiger charge is -2.02. The molecule has 0 aliphatic heterocycles. The molecular formula is C9H9IO2. The van der Waals surface area contributed by atoms with Crippen molar-refractivity contribution in [2.75, 3.05) is 0 Å². The summed E-state index contributed by atoms with van der Waals surface area (Å²) in [6.07, 6.45) is 0. The van der Waals surface area contributed by atoms with Gasteiger partial charge in [0.25, 0.3) is 0 Å². The van der Waals surface area contributed by atoms with E-state index in [1.807, 2.05) is 19.1 Å². The van der Waals surface area contributed by atoms with E-state index in [9.17, 15) is 4.79 Å². The molecule has 0 atom stereocenters. The maximum absolute atomic E-state index is 10.7. The summed E-state index contributed by atoms with van der Waals surface area (Å²) in [5, 5.41) is 8.82. The normalized spacial score (nSPS) is 9.83. The predicted octanol–water partition coefficient (Wildman–Crippen LogP) is 2.63. The SMILES string of the molecule is Cc1ccc(CI)c(C(=O)O)c1. The highest BCUT2D eigenvalue weighted by atomic mass is 127. The van der Waals surface area contributed by atoms with E-state index in [0.717, 1.165) is 15.6 Å². The number of halogens is 1. The number of benzene rings is 1. The lowest BCUT2D eigenvalue weighted by molar-refractivity contribution is 0.0696. The summed E-state index contributed by atoms with van der Waals surface area (Å²) in [7, 11) is 0. The Hall–Kier alpha value is -0.580. The summed E-state index contributed by atoms with van der Waals surface area (Å²) in [4.78, 5) is 10.7. The van der Waals surface area contributed by atoms with E-state index in [0.29, 0.717) is 5.56 Å². The molecule has 1 rings (SSSR count). The van der Waals surface area contributed by atoms with Crippen LogP contribution in [-0.2, 0) is 4.43 Å². The first-order valence-corrected chi connectivity index (χ1v) is 5.06. The summed E-state index contributed by atoms with van der Waals surface area (Å²) in [6, 6.07) is 5.50. The van der Waals surface area contributed by atoms with Gasteiger partial charge in [0.15, 0.2) is 0 Å². The van der Waals surface area contributed by atoms with Gasteiger partial charge in [-0.2, -0.15) is 0 Å². The lowest BCUT2D eigenvalue weighted by Crippen LogP contribution is -2.01. The fourth-order valence-corrected chi connectivity index (χ4v) is 1.67. The molecule has 0 aliphatic carbocycles. The van der Waals surface area contributed by atoms with Gasteiger partial charge in [0, 0.05) is 4.43 Å². The Labute approximate surface area is 84.7 Å². The minimum Gasteiger partial charge on any atom is -0.478 e. The molecule has 1 aromatic rings. The van der Waals surface area contributed by atoms with E-state index < -0.39 is 5.97 Å². The van der Waals surface area contributed by atoms with Crippen LogP contribution in [0.5, 0.6) is 0 Å². The van der Waals surface area contributed by atoms with Gasteiger partial charge < -0.3 is 5.11 Å². The van der Waals surface area contributed by atoms with Crippen molar-refractivity contribution in [3.05, 3.63) is 34.9 Å². The van der Waals surface area contributed by atoms with Gasteiger partial charge in [-0.25, -0.2) is 4.79 Å². The Kier molecular flexibility index (Phi) is 3.08. The van der Waals surface area contributed by atoms with E-state index in [1.165, 1.54) is 0 Å². The van der Waals surface area contributed by atoms with Gasteiger partial charge in [0.2, 0.25) is 0 Å². The van der Waals surface area contributed by atoms with Crippen LogP contribution in [-0.4, -0.2) is 11.1 Å². The minimum atomic E-state index is -0.842. The molecule has 0 amide bonds. The molecule has 0 spiro atoms. The highest BCUT2D eigenvalue weighted by Gasteiger charge is 2.07. The van der Waals surface area contributed by atoms with Gasteiger partial charge >= 0.3 is 5.97 Å². The highest BCUT2D eigenvalue weighted by molar-refractivity contribution is 14.1. The van der Waals surface area contributed by atoms with Crippen molar-refractivity contribution in [1.82, 2.24) is 0 Å². The van der Waals surface area contributed by atoms with Crippen LogP contribution in [0.25, 0.3) is 0 Å². The number of aromatic carboxylic acids is 1. The van der Waals surface area contributed by atoms with Crippen LogP contribution in [0.3, 0.4) is 0 Å². The van der Waals surface area contributed by atoms with Crippen molar-refractivity contribution >= 4 is 28.6 Å². The van der Waals surface area contributed by atoms with Crippen LogP contribution < -0.4 is 0 Å². The minimum absolute atomic E-state index is 0.421. The maximum atomic E-state index is 10.7. The zero-order valence-corrected chi connectivity index (χ0v) is 8.83. The van der Waals surface area contributed by atoms with Crippen molar-refractivity contribution in [1.29, 1.82) is 0 Å². The molecule has 0 unspecified atom stereocenters. The molecule has 0 saturated carbocycles. The zero-order valence-electron chi connectivity index (χ0n) is 6.67. The average Bonchev–Trinajstić information content (AvgIpc) is 2.04. The molecule has 0 saturated heterocycles. The quantitative estimate of drug-likeness (QED) is 0.666. The Balaban J connectivity index is 3.21. The molecule has 1 aromatic carbocycles. The molecule has 0 fully saturated rings. The number of carbonyl (C=O) groups is 1. The first-order chi connectivity index (χ1) is 5.65. The molecule has 2 nitrogen and oxygen atoms in total. The molecule has 0 bridgehead atoms. The molecule has 0 aromatic heterocycles. The van der Waals surface area contributed by atoms with Crippen molar-refractivity contribution in [3.63, 3.8) is 0 Å². The second kappa shape index (κ2) is 3.89. The van der Waals surface area contributed by atoms with E-state index in [4.69, 9.17) is 5.11 Å². The number of carboxylic acids is 1. The first kappa shape index (κ1) is 9.51. The second-order valence-corrected chi connectivity index (χ2v) is 3.36. The van der Waals surface area contributed by atoms with Gasteiger partial charge in [0.05, 0.1) is 5.56 Å². The number of rotatable bonds is 2. The third-order valence-electron chi connectivity index (χ3n) is 1.64. The van der Waals surface area contributed by atoms with E-state index in [-0.39, 0.29) is 0 Å². The third-order valence-corrected chi connectivity index (χ3v) is 2.46. The second-order valence-electron chi connectivity index (χ2n) is 2.60. The van der Waals surface area contributed by atoms with Crippen LogP contribution >= 0.6 is 22.6 Å². The first-order valence-electron chi connectivity index (χ1n) is 3.54. The van der Waals surface area contributed by atoms with Gasteiger partial charge in [-0.1, -0.05) is 40.3 Å². The van der Waals surface area contributed by atoms with Crippen molar-refractivity contribution in [3.8, 4) is 0 Å². The molecule has 12 heavy (non-hydrogen) atoms. The predicted molar refractivity (Wildman–Crippen MR) is 55.9 cm³/mol. The number of carboxylic acid groups (broad SMARTS) is 1. The lowest BCUT2D eigenvalue weighted by atomic mass is 10.1. The van der Waals surface area contributed by atoms with Crippen molar-refractivity contribution < 1.29 is 9.90 Å². The van der Waals surface area contributed by atoms with Crippen LogP contribution in [0.15, 0.2) is 18.2 Å². The topological polar surface area (TPSA) is 37.3 Å². The molecule has 0 heterocycles. The largest absolute Gasteiger partial charge is 0.478 e.